The van der Waals surface area contributed by atoms with Gasteiger partial charge < -0.3 is 9.73 Å². The molecular formula is C10H16BrNO. The summed E-state index contributed by atoms with van der Waals surface area (Å²) in [4.78, 5) is 0. The summed E-state index contributed by atoms with van der Waals surface area (Å²) in [6.07, 6.45) is 2.84. The topological polar surface area (TPSA) is 25.2 Å². The molecule has 2 nitrogen and oxygen atoms in total. The number of furan rings is 1. The third-order valence-corrected chi connectivity index (χ3v) is 2.75. The van der Waals surface area contributed by atoms with Crippen LogP contribution in [0.25, 0.3) is 0 Å². The van der Waals surface area contributed by atoms with Gasteiger partial charge in [-0.05, 0) is 41.5 Å². The van der Waals surface area contributed by atoms with Crippen LogP contribution in [0.1, 0.15) is 31.9 Å². The number of halogens is 1. The lowest BCUT2D eigenvalue weighted by atomic mass is 10.1. The van der Waals surface area contributed by atoms with Gasteiger partial charge in [-0.1, -0.05) is 13.8 Å². The fraction of sp³-hybridized carbons (Fsp3) is 0.600. The molecule has 0 saturated carbocycles. The molecule has 0 bridgehead atoms. The lowest BCUT2D eigenvalue weighted by Crippen LogP contribution is -2.15. The van der Waals surface area contributed by atoms with Crippen LogP contribution in [-0.4, -0.2) is 13.1 Å². The van der Waals surface area contributed by atoms with Crippen molar-refractivity contribution in [1.82, 2.24) is 5.32 Å². The Morgan fingerprint density at radius 1 is 1.62 bits per heavy atom. The Hall–Kier alpha value is -0.280. The van der Waals surface area contributed by atoms with Crippen molar-refractivity contribution in [3.63, 3.8) is 0 Å². The molecule has 0 aliphatic rings. The van der Waals surface area contributed by atoms with E-state index in [-0.39, 0.29) is 0 Å². The zero-order valence-corrected chi connectivity index (χ0v) is 9.73. The number of hydrogen-bond donors (Lipinski definition) is 1. The average Bonchev–Trinajstić information content (AvgIpc) is 2.52. The number of nitrogens with one attached hydrogen (secondary N) is 1. The Kier molecular flexibility index (Phi) is 4.53. The molecule has 1 unspecified atom stereocenters. The maximum Gasteiger partial charge on any atom is 0.120 e. The van der Waals surface area contributed by atoms with Crippen molar-refractivity contribution >= 4 is 15.9 Å². The average molecular weight is 246 g/mol. The molecular weight excluding hydrogens is 230 g/mol. The van der Waals surface area contributed by atoms with Crippen molar-refractivity contribution in [2.45, 2.75) is 26.2 Å². The van der Waals surface area contributed by atoms with Crippen LogP contribution < -0.4 is 5.32 Å². The Balaban J connectivity index is 2.39. The smallest absolute Gasteiger partial charge is 0.120 e. The van der Waals surface area contributed by atoms with Crippen molar-refractivity contribution in [3.8, 4) is 0 Å². The second kappa shape index (κ2) is 5.45. The third-order valence-electron chi connectivity index (χ3n) is 2.10. The summed E-state index contributed by atoms with van der Waals surface area (Å²) in [6, 6.07) is 1.94. The fourth-order valence-electron chi connectivity index (χ4n) is 1.28. The molecule has 1 N–H and O–H groups in total. The molecule has 0 spiro atoms. The van der Waals surface area contributed by atoms with Crippen molar-refractivity contribution in [2.75, 3.05) is 13.1 Å². The zero-order valence-electron chi connectivity index (χ0n) is 8.14. The van der Waals surface area contributed by atoms with Crippen molar-refractivity contribution in [1.29, 1.82) is 0 Å². The Morgan fingerprint density at radius 3 is 2.92 bits per heavy atom. The molecule has 0 radical (unpaired) electrons. The maximum atomic E-state index is 5.38. The van der Waals surface area contributed by atoms with E-state index in [9.17, 15) is 0 Å². The monoisotopic (exact) mass is 245 g/mol. The SMILES string of the molecule is CCNCCC(C)c1occc1Br. The van der Waals surface area contributed by atoms with E-state index in [0.29, 0.717) is 5.92 Å². The molecule has 0 saturated heterocycles. The van der Waals surface area contributed by atoms with Crippen LogP contribution in [0.15, 0.2) is 21.2 Å². The fourth-order valence-corrected chi connectivity index (χ4v) is 1.88. The van der Waals surface area contributed by atoms with Gasteiger partial charge in [0.2, 0.25) is 0 Å². The molecule has 1 aromatic rings. The minimum Gasteiger partial charge on any atom is -0.468 e. The van der Waals surface area contributed by atoms with Crippen LogP contribution in [0.5, 0.6) is 0 Å². The van der Waals surface area contributed by atoms with E-state index in [2.05, 4.69) is 35.1 Å². The summed E-state index contributed by atoms with van der Waals surface area (Å²) in [5.74, 6) is 1.53. The molecule has 1 atom stereocenters. The first-order valence-corrected chi connectivity index (χ1v) is 5.48. The summed E-state index contributed by atoms with van der Waals surface area (Å²) in [5.41, 5.74) is 0. The molecule has 1 rings (SSSR count). The Labute approximate surface area is 87.8 Å². The van der Waals surface area contributed by atoms with E-state index in [1.165, 1.54) is 0 Å². The lowest BCUT2D eigenvalue weighted by Gasteiger charge is -2.08. The summed E-state index contributed by atoms with van der Waals surface area (Å²) in [7, 11) is 0. The highest BCUT2D eigenvalue weighted by Gasteiger charge is 2.11. The summed E-state index contributed by atoms with van der Waals surface area (Å²) in [5, 5.41) is 3.30. The van der Waals surface area contributed by atoms with Crippen LogP contribution in [0.4, 0.5) is 0 Å². The van der Waals surface area contributed by atoms with Gasteiger partial charge in [0.15, 0.2) is 0 Å². The molecule has 13 heavy (non-hydrogen) atoms. The van der Waals surface area contributed by atoms with E-state index in [4.69, 9.17) is 4.42 Å². The third kappa shape index (κ3) is 3.16. The quantitative estimate of drug-likeness (QED) is 0.807. The van der Waals surface area contributed by atoms with Gasteiger partial charge in [-0.3, -0.25) is 0 Å². The van der Waals surface area contributed by atoms with Gasteiger partial charge in [0, 0.05) is 5.92 Å². The molecule has 3 heteroatoms. The molecule has 0 aliphatic carbocycles. The van der Waals surface area contributed by atoms with Gasteiger partial charge in [0.05, 0.1) is 10.7 Å². The first-order valence-electron chi connectivity index (χ1n) is 4.69. The van der Waals surface area contributed by atoms with E-state index in [1.54, 1.807) is 6.26 Å². The van der Waals surface area contributed by atoms with E-state index in [0.717, 1.165) is 29.7 Å². The van der Waals surface area contributed by atoms with Crippen LogP contribution in [-0.2, 0) is 0 Å². The largest absolute Gasteiger partial charge is 0.468 e. The highest BCUT2D eigenvalue weighted by atomic mass is 79.9. The molecule has 0 aromatic carbocycles. The molecule has 1 heterocycles. The van der Waals surface area contributed by atoms with Crippen molar-refractivity contribution < 1.29 is 4.42 Å². The molecule has 1 aromatic heterocycles. The Bertz CT molecular complexity index is 247. The van der Waals surface area contributed by atoms with Crippen molar-refractivity contribution in [3.05, 3.63) is 22.6 Å². The Morgan fingerprint density at radius 2 is 2.38 bits per heavy atom. The van der Waals surface area contributed by atoms with E-state index in [1.807, 2.05) is 6.07 Å². The van der Waals surface area contributed by atoms with Crippen LogP contribution in [0, 0.1) is 0 Å². The van der Waals surface area contributed by atoms with Crippen LogP contribution >= 0.6 is 15.9 Å². The second-order valence-corrected chi connectivity index (χ2v) is 4.03. The maximum absolute atomic E-state index is 5.38. The first kappa shape index (κ1) is 10.8. The van der Waals surface area contributed by atoms with E-state index < -0.39 is 0 Å². The number of hydrogen-bond acceptors (Lipinski definition) is 2. The highest BCUT2D eigenvalue weighted by molar-refractivity contribution is 9.10. The normalized spacial score (nSPS) is 13.2. The van der Waals surface area contributed by atoms with Crippen LogP contribution in [0.2, 0.25) is 0 Å². The van der Waals surface area contributed by atoms with Crippen LogP contribution in [0.3, 0.4) is 0 Å². The molecule has 0 fully saturated rings. The van der Waals surface area contributed by atoms with Gasteiger partial charge in [-0.15, -0.1) is 0 Å². The minimum atomic E-state index is 0.475. The minimum absolute atomic E-state index is 0.475. The standard InChI is InChI=1S/C10H16BrNO/c1-3-12-6-4-8(2)10-9(11)5-7-13-10/h5,7-8,12H,3-4,6H2,1-2H3. The van der Waals surface area contributed by atoms with Gasteiger partial charge in [0.25, 0.3) is 0 Å². The number of rotatable bonds is 5. The lowest BCUT2D eigenvalue weighted by molar-refractivity contribution is 0.453. The predicted molar refractivity (Wildman–Crippen MR) is 58.0 cm³/mol. The molecule has 0 amide bonds. The first-order chi connectivity index (χ1) is 6.25. The van der Waals surface area contributed by atoms with Gasteiger partial charge in [-0.25, -0.2) is 0 Å². The predicted octanol–water partition coefficient (Wildman–Crippen LogP) is 3.15. The van der Waals surface area contributed by atoms with Gasteiger partial charge in [-0.2, -0.15) is 0 Å². The molecule has 0 aliphatic heterocycles. The van der Waals surface area contributed by atoms with Gasteiger partial charge in [0.1, 0.15) is 5.76 Å². The highest BCUT2D eigenvalue weighted by Crippen LogP contribution is 2.27. The van der Waals surface area contributed by atoms with E-state index >= 15 is 0 Å². The summed E-state index contributed by atoms with van der Waals surface area (Å²) < 4.78 is 6.46. The second-order valence-electron chi connectivity index (χ2n) is 3.18. The summed E-state index contributed by atoms with van der Waals surface area (Å²) in [6.45, 7) is 6.38. The molecule has 74 valence electrons. The van der Waals surface area contributed by atoms with Crippen molar-refractivity contribution in [2.24, 2.45) is 0 Å². The van der Waals surface area contributed by atoms with Gasteiger partial charge >= 0.3 is 0 Å². The zero-order chi connectivity index (χ0) is 9.68. The summed E-state index contributed by atoms with van der Waals surface area (Å²) >= 11 is 3.46.